The third kappa shape index (κ3) is 2.75. The minimum atomic E-state index is -0.793. The Kier molecular flexibility index (Phi) is 2.99. The largest absolute Gasteiger partial charge is 0.390 e. The molecule has 0 unspecified atom stereocenters. The van der Waals surface area contributed by atoms with Crippen LogP contribution >= 0.6 is 0 Å². The lowest BCUT2D eigenvalue weighted by Crippen LogP contribution is -2.42. The molecule has 70 valence electrons. The smallest absolute Gasteiger partial charge is 0.206 e. The molecule has 1 fully saturated rings. The van der Waals surface area contributed by atoms with Gasteiger partial charge in [-0.15, -0.1) is 0 Å². The van der Waals surface area contributed by atoms with Crippen LogP contribution in [-0.2, 0) is 0 Å². The highest BCUT2D eigenvalue weighted by atomic mass is 16.6. The summed E-state index contributed by atoms with van der Waals surface area (Å²) < 4.78 is 0. The number of piperidine rings is 1. The zero-order valence-electron chi connectivity index (χ0n) is 6.95. The van der Waals surface area contributed by atoms with Crippen LogP contribution in [-0.4, -0.2) is 35.3 Å². The fourth-order valence-corrected chi connectivity index (χ4v) is 1.44. The van der Waals surface area contributed by atoms with Gasteiger partial charge in [0.25, 0.3) is 0 Å². The van der Waals surface area contributed by atoms with Crippen molar-refractivity contribution in [3.05, 3.63) is 10.1 Å². The SMILES string of the molecule is O=[N+]([O-])CCC1(O)CCNCC1. The molecule has 0 bridgehead atoms. The Hall–Kier alpha value is -0.680. The van der Waals surface area contributed by atoms with Crippen LogP contribution in [0.25, 0.3) is 0 Å². The molecule has 0 aliphatic carbocycles. The quantitative estimate of drug-likeness (QED) is 0.457. The first-order valence-corrected chi connectivity index (χ1v) is 4.17. The van der Waals surface area contributed by atoms with E-state index in [1.54, 1.807) is 0 Å². The van der Waals surface area contributed by atoms with Crippen LogP contribution < -0.4 is 5.32 Å². The Labute approximate surface area is 70.9 Å². The maximum atomic E-state index is 10.1. The molecule has 5 heteroatoms. The Morgan fingerprint density at radius 1 is 1.50 bits per heavy atom. The molecular weight excluding hydrogens is 160 g/mol. The Balaban J connectivity index is 2.31. The molecular formula is C7H14N2O3. The van der Waals surface area contributed by atoms with Gasteiger partial charge in [-0.05, 0) is 25.9 Å². The third-order valence-corrected chi connectivity index (χ3v) is 2.29. The van der Waals surface area contributed by atoms with Gasteiger partial charge in [-0.3, -0.25) is 10.1 Å². The number of nitrogens with one attached hydrogen (secondary N) is 1. The molecule has 0 aromatic rings. The third-order valence-electron chi connectivity index (χ3n) is 2.29. The molecule has 0 amide bonds. The van der Waals surface area contributed by atoms with Gasteiger partial charge in [0.05, 0.1) is 5.60 Å². The minimum absolute atomic E-state index is 0.128. The van der Waals surface area contributed by atoms with Crippen LogP contribution in [0.4, 0.5) is 0 Å². The Morgan fingerprint density at radius 3 is 2.58 bits per heavy atom. The molecule has 1 aliphatic heterocycles. The summed E-state index contributed by atoms with van der Waals surface area (Å²) in [7, 11) is 0. The fraction of sp³-hybridized carbons (Fsp3) is 1.00. The Morgan fingerprint density at radius 2 is 2.08 bits per heavy atom. The van der Waals surface area contributed by atoms with Gasteiger partial charge < -0.3 is 10.4 Å². The highest BCUT2D eigenvalue weighted by molar-refractivity contribution is 4.83. The first-order valence-electron chi connectivity index (χ1n) is 4.17. The average molecular weight is 174 g/mol. The van der Waals surface area contributed by atoms with Gasteiger partial charge in [0.15, 0.2) is 0 Å². The topological polar surface area (TPSA) is 75.4 Å². The maximum absolute atomic E-state index is 10.1. The van der Waals surface area contributed by atoms with Gasteiger partial charge in [-0.1, -0.05) is 0 Å². The zero-order valence-corrected chi connectivity index (χ0v) is 6.95. The average Bonchev–Trinajstić information content (AvgIpc) is 2.03. The molecule has 2 N–H and O–H groups in total. The lowest BCUT2D eigenvalue weighted by Gasteiger charge is -2.31. The summed E-state index contributed by atoms with van der Waals surface area (Å²) in [5.41, 5.74) is -0.793. The van der Waals surface area contributed by atoms with Gasteiger partial charge in [-0.2, -0.15) is 0 Å². The molecule has 12 heavy (non-hydrogen) atoms. The first kappa shape index (κ1) is 9.41. The molecule has 1 rings (SSSR count). The van der Waals surface area contributed by atoms with Crippen molar-refractivity contribution < 1.29 is 10.0 Å². The van der Waals surface area contributed by atoms with Crippen LogP contribution in [0.5, 0.6) is 0 Å². The molecule has 1 heterocycles. The lowest BCUT2D eigenvalue weighted by molar-refractivity contribution is -0.483. The monoisotopic (exact) mass is 174 g/mol. The summed E-state index contributed by atoms with van der Waals surface area (Å²) in [6.45, 7) is 1.39. The van der Waals surface area contributed by atoms with Gasteiger partial charge in [0.1, 0.15) is 0 Å². The van der Waals surface area contributed by atoms with E-state index in [0.29, 0.717) is 12.8 Å². The van der Waals surface area contributed by atoms with E-state index >= 15 is 0 Å². The second-order valence-corrected chi connectivity index (χ2v) is 3.28. The molecule has 0 aromatic heterocycles. The lowest BCUT2D eigenvalue weighted by atomic mass is 9.89. The molecule has 1 saturated heterocycles. The van der Waals surface area contributed by atoms with Gasteiger partial charge >= 0.3 is 0 Å². The number of hydrogen-bond acceptors (Lipinski definition) is 4. The van der Waals surface area contributed by atoms with E-state index in [9.17, 15) is 15.2 Å². The second-order valence-electron chi connectivity index (χ2n) is 3.28. The van der Waals surface area contributed by atoms with Crippen LogP contribution in [0.1, 0.15) is 19.3 Å². The summed E-state index contributed by atoms with van der Waals surface area (Å²) in [5.74, 6) is 0. The van der Waals surface area contributed by atoms with Crippen molar-refractivity contribution in [2.45, 2.75) is 24.9 Å². The summed E-state index contributed by atoms with van der Waals surface area (Å²) in [4.78, 5) is 9.69. The van der Waals surface area contributed by atoms with E-state index in [2.05, 4.69) is 5.32 Å². The minimum Gasteiger partial charge on any atom is -0.390 e. The number of nitro groups is 1. The number of nitrogens with zero attached hydrogens (tertiary/aromatic N) is 1. The molecule has 5 nitrogen and oxygen atoms in total. The summed E-state index contributed by atoms with van der Waals surface area (Å²) >= 11 is 0. The normalized spacial score (nSPS) is 22.1. The van der Waals surface area contributed by atoms with Crippen molar-refractivity contribution >= 4 is 0 Å². The second kappa shape index (κ2) is 3.82. The van der Waals surface area contributed by atoms with E-state index in [0.717, 1.165) is 13.1 Å². The van der Waals surface area contributed by atoms with Crippen LogP contribution in [0.3, 0.4) is 0 Å². The molecule has 1 aliphatic rings. The number of rotatable bonds is 3. The van der Waals surface area contributed by atoms with E-state index in [4.69, 9.17) is 0 Å². The van der Waals surface area contributed by atoms with Crippen LogP contribution in [0.2, 0.25) is 0 Å². The van der Waals surface area contributed by atoms with Crippen LogP contribution in [0.15, 0.2) is 0 Å². The van der Waals surface area contributed by atoms with E-state index in [1.807, 2.05) is 0 Å². The number of hydrogen-bond donors (Lipinski definition) is 2. The van der Waals surface area contributed by atoms with Crippen molar-refractivity contribution in [2.24, 2.45) is 0 Å². The van der Waals surface area contributed by atoms with E-state index < -0.39 is 5.60 Å². The fourth-order valence-electron chi connectivity index (χ4n) is 1.44. The predicted molar refractivity (Wildman–Crippen MR) is 43.5 cm³/mol. The maximum Gasteiger partial charge on any atom is 0.206 e. The zero-order chi connectivity index (χ0) is 9.03. The highest BCUT2D eigenvalue weighted by Crippen LogP contribution is 2.21. The molecule has 0 spiro atoms. The van der Waals surface area contributed by atoms with E-state index in [-0.39, 0.29) is 17.9 Å². The molecule has 0 aromatic carbocycles. The van der Waals surface area contributed by atoms with Gasteiger partial charge in [-0.25, -0.2) is 0 Å². The summed E-state index contributed by atoms with van der Waals surface area (Å²) in [5, 5.41) is 22.9. The first-order chi connectivity index (χ1) is 5.62. The summed E-state index contributed by atoms with van der Waals surface area (Å²) in [6.07, 6.45) is 1.53. The van der Waals surface area contributed by atoms with Gasteiger partial charge in [0, 0.05) is 11.3 Å². The summed E-state index contributed by atoms with van der Waals surface area (Å²) in [6, 6.07) is 0. The van der Waals surface area contributed by atoms with Crippen molar-refractivity contribution in [3.63, 3.8) is 0 Å². The van der Waals surface area contributed by atoms with Crippen molar-refractivity contribution in [1.29, 1.82) is 0 Å². The van der Waals surface area contributed by atoms with Crippen LogP contribution in [0, 0.1) is 10.1 Å². The number of aliphatic hydroxyl groups is 1. The van der Waals surface area contributed by atoms with Crippen molar-refractivity contribution in [3.8, 4) is 0 Å². The van der Waals surface area contributed by atoms with Crippen molar-refractivity contribution in [1.82, 2.24) is 5.32 Å². The van der Waals surface area contributed by atoms with E-state index in [1.165, 1.54) is 0 Å². The highest BCUT2D eigenvalue weighted by Gasteiger charge is 2.30. The van der Waals surface area contributed by atoms with Crippen molar-refractivity contribution in [2.75, 3.05) is 19.6 Å². The molecule has 0 saturated carbocycles. The molecule has 0 atom stereocenters. The molecule has 0 radical (unpaired) electrons. The predicted octanol–water partition coefficient (Wildman–Crippen LogP) is -0.232. The Bertz CT molecular complexity index is 166. The van der Waals surface area contributed by atoms with Gasteiger partial charge in [0.2, 0.25) is 6.54 Å². The standard InChI is InChI=1S/C7H14N2O3/c10-7(3-6-9(11)12)1-4-8-5-2-7/h8,10H,1-6H2.